The number of carbonyl (C=O) groups excluding carboxylic acids is 1. The molecule has 1 fully saturated rings. The average molecular weight is 292 g/mol. The summed E-state index contributed by atoms with van der Waals surface area (Å²) in [5.41, 5.74) is 0. The Bertz CT molecular complexity index is 448. The van der Waals surface area contributed by atoms with Crippen molar-refractivity contribution in [3.63, 3.8) is 0 Å². The van der Waals surface area contributed by atoms with Gasteiger partial charge in [-0.3, -0.25) is 0 Å². The number of sulfone groups is 1. The molecule has 0 bridgehead atoms. The second-order valence-corrected chi connectivity index (χ2v) is 7.30. The molecule has 7 nitrogen and oxygen atoms in total. The van der Waals surface area contributed by atoms with E-state index in [2.05, 4.69) is 5.32 Å². The Morgan fingerprint density at radius 1 is 1.42 bits per heavy atom. The number of likely N-dealkylation sites (tertiary alicyclic amines) is 1. The van der Waals surface area contributed by atoms with Crippen LogP contribution in [0.15, 0.2) is 0 Å². The molecule has 1 aliphatic rings. The minimum absolute atomic E-state index is 0.00391. The Balaban J connectivity index is 2.56. The number of piperidine rings is 1. The smallest absolute Gasteiger partial charge is 0.326 e. The molecule has 1 heterocycles. The fourth-order valence-electron chi connectivity index (χ4n) is 2.06. The highest BCUT2D eigenvalue weighted by Gasteiger charge is 2.34. The Morgan fingerprint density at radius 2 is 2.05 bits per heavy atom. The normalized spacial score (nSPS) is 24.0. The Kier molecular flexibility index (Phi) is 5.16. The number of carbonyl (C=O) groups is 2. The summed E-state index contributed by atoms with van der Waals surface area (Å²) >= 11 is 0. The van der Waals surface area contributed by atoms with Crippen LogP contribution in [-0.4, -0.2) is 61.6 Å². The molecule has 0 spiro atoms. The molecule has 0 aromatic heterocycles. The van der Waals surface area contributed by atoms with Crippen LogP contribution < -0.4 is 5.32 Å². The van der Waals surface area contributed by atoms with E-state index in [0.29, 0.717) is 13.0 Å². The van der Waals surface area contributed by atoms with Crippen molar-refractivity contribution < 1.29 is 23.1 Å². The number of carboxylic acids is 1. The van der Waals surface area contributed by atoms with Crippen LogP contribution in [0.2, 0.25) is 0 Å². The number of urea groups is 1. The first kappa shape index (κ1) is 15.7. The topological polar surface area (TPSA) is 104 Å². The Morgan fingerprint density at radius 3 is 2.58 bits per heavy atom. The molecule has 0 aromatic carbocycles. The second-order valence-electron chi connectivity index (χ2n) is 5.04. The molecule has 110 valence electrons. The van der Waals surface area contributed by atoms with Crippen molar-refractivity contribution in [3.05, 3.63) is 0 Å². The zero-order valence-electron chi connectivity index (χ0n) is 11.1. The number of hydrogen-bond acceptors (Lipinski definition) is 4. The van der Waals surface area contributed by atoms with Crippen LogP contribution in [0.25, 0.3) is 0 Å². The third kappa shape index (κ3) is 5.06. The van der Waals surface area contributed by atoms with Gasteiger partial charge >= 0.3 is 12.0 Å². The quantitative estimate of drug-likeness (QED) is 0.754. The van der Waals surface area contributed by atoms with E-state index in [-0.39, 0.29) is 18.2 Å². The van der Waals surface area contributed by atoms with Gasteiger partial charge in [0.1, 0.15) is 15.9 Å². The van der Waals surface area contributed by atoms with Crippen LogP contribution in [0.4, 0.5) is 4.79 Å². The van der Waals surface area contributed by atoms with Crippen molar-refractivity contribution in [1.82, 2.24) is 10.2 Å². The summed E-state index contributed by atoms with van der Waals surface area (Å²) in [5.74, 6) is -0.910. The lowest BCUT2D eigenvalue weighted by Gasteiger charge is -2.35. The van der Waals surface area contributed by atoms with Crippen molar-refractivity contribution in [2.75, 3.05) is 25.1 Å². The van der Waals surface area contributed by atoms with Crippen molar-refractivity contribution in [1.29, 1.82) is 0 Å². The van der Waals surface area contributed by atoms with Gasteiger partial charge in [0.15, 0.2) is 0 Å². The molecular weight excluding hydrogens is 272 g/mol. The van der Waals surface area contributed by atoms with Gasteiger partial charge in [0.05, 0.1) is 5.75 Å². The molecule has 2 unspecified atom stereocenters. The lowest BCUT2D eigenvalue weighted by Crippen LogP contribution is -2.53. The van der Waals surface area contributed by atoms with Crippen LogP contribution in [0.3, 0.4) is 0 Å². The van der Waals surface area contributed by atoms with E-state index in [4.69, 9.17) is 5.11 Å². The molecule has 0 saturated carbocycles. The van der Waals surface area contributed by atoms with E-state index in [1.165, 1.54) is 4.90 Å². The minimum Gasteiger partial charge on any atom is -0.480 e. The maximum Gasteiger partial charge on any atom is 0.326 e. The van der Waals surface area contributed by atoms with E-state index >= 15 is 0 Å². The van der Waals surface area contributed by atoms with Gasteiger partial charge < -0.3 is 15.3 Å². The molecule has 0 aromatic rings. The SMILES string of the molecule is CC1CCN(C(=O)NCCS(C)(=O)=O)C(C(=O)O)C1. The third-order valence-electron chi connectivity index (χ3n) is 3.16. The standard InChI is InChI=1S/C11H20N2O5S/c1-8-3-5-13(9(7-8)10(14)15)11(16)12-4-6-19(2,17)18/h8-9H,3-7H2,1-2H3,(H,12,16)(H,14,15). The Hall–Kier alpha value is -1.31. The molecular formula is C11H20N2O5S. The van der Waals surface area contributed by atoms with E-state index in [1.807, 2.05) is 6.92 Å². The van der Waals surface area contributed by atoms with Crippen LogP contribution in [-0.2, 0) is 14.6 Å². The number of nitrogens with zero attached hydrogens (tertiary/aromatic N) is 1. The number of carboxylic acid groups (broad SMARTS) is 1. The van der Waals surface area contributed by atoms with Crippen molar-refractivity contribution in [2.24, 2.45) is 5.92 Å². The molecule has 19 heavy (non-hydrogen) atoms. The molecule has 0 radical (unpaired) electrons. The number of rotatable bonds is 4. The van der Waals surface area contributed by atoms with E-state index in [0.717, 1.165) is 12.7 Å². The third-order valence-corrected chi connectivity index (χ3v) is 4.11. The number of hydrogen-bond donors (Lipinski definition) is 2. The van der Waals surface area contributed by atoms with Gasteiger partial charge in [-0.2, -0.15) is 0 Å². The molecule has 1 aliphatic heterocycles. The first-order valence-corrected chi connectivity index (χ1v) is 8.21. The molecule has 1 saturated heterocycles. The first-order valence-electron chi connectivity index (χ1n) is 6.15. The monoisotopic (exact) mass is 292 g/mol. The average Bonchev–Trinajstić information content (AvgIpc) is 2.26. The van der Waals surface area contributed by atoms with Gasteiger partial charge in [-0.05, 0) is 18.8 Å². The lowest BCUT2D eigenvalue weighted by molar-refractivity contribution is -0.143. The lowest BCUT2D eigenvalue weighted by atomic mass is 9.93. The maximum atomic E-state index is 11.9. The second kappa shape index (κ2) is 6.23. The first-order chi connectivity index (χ1) is 8.70. The fraction of sp³-hybridized carbons (Fsp3) is 0.818. The summed E-state index contributed by atoms with van der Waals surface area (Å²) < 4.78 is 21.9. The fourth-order valence-corrected chi connectivity index (χ4v) is 2.54. The van der Waals surface area contributed by atoms with Crippen molar-refractivity contribution >= 4 is 21.8 Å². The predicted molar refractivity (Wildman–Crippen MR) is 69.6 cm³/mol. The number of amides is 2. The zero-order chi connectivity index (χ0) is 14.6. The highest BCUT2D eigenvalue weighted by molar-refractivity contribution is 7.90. The van der Waals surface area contributed by atoms with Crippen LogP contribution in [0.1, 0.15) is 19.8 Å². The minimum atomic E-state index is -3.14. The van der Waals surface area contributed by atoms with E-state index < -0.39 is 27.9 Å². The summed E-state index contributed by atoms with van der Waals surface area (Å²) in [6.45, 7) is 2.33. The summed E-state index contributed by atoms with van der Waals surface area (Å²) in [7, 11) is -3.14. The van der Waals surface area contributed by atoms with Crippen LogP contribution in [0.5, 0.6) is 0 Å². The van der Waals surface area contributed by atoms with Gasteiger partial charge in [0.25, 0.3) is 0 Å². The molecule has 2 N–H and O–H groups in total. The zero-order valence-corrected chi connectivity index (χ0v) is 11.9. The maximum absolute atomic E-state index is 11.9. The molecule has 1 rings (SSSR count). The molecule has 2 atom stereocenters. The summed E-state index contributed by atoms with van der Waals surface area (Å²) in [6, 6.07) is -1.34. The summed E-state index contributed by atoms with van der Waals surface area (Å²) in [4.78, 5) is 24.3. The molecule has 0 aliphatic carbocycles. The van der Waals surface area contributed by atoms with Gasteiger partial charge in [0, 0.05) is 19.3 Å². The van der Waals surface area contributed by atoms with Gasteiger partial charge in [0.2, 0.25) is 0 Å². The van der Waals surface area contributed by atoms with Gasteiger partial charge in [-0.1, -0.05) is 6.92 Å². The van der Waals surface area contributed by atoms with Crippen LogP contribution in [0, 0.1) is 5.92 Å². The molecule has 2 amide bonds. The highest BCUT2D eigenvalue weighted by atomic mass is 32.2. The van der Waals surface area contributed by atoms with E-state index in [9.17, 15) is 18.0 Å². The van der Waals surface area contributed by atoms with E-state index in [1.54, 1.807) is 0 Å². The summed E-state index contributed by atoms with van der Waals surface area (Å²) in [6.07, 6.45) is 2.26. The highest BCUT2D eigenvalue weighted by Crippen LogP contribution is 2.22. The van der Waals surface area contributed by atoms with Crippen LogP contribution >= 0.6 is 0 Å². The molecule has 8 heteroatoms. The Labute approximate surface area is 112 Å². The van der Waals surface area contributed by atoms with Crippen molar-refractivity contribution in [2.45, 2.75) is 25.8 Å². The summed E-state index contributed by atoms with van der Waals surface area (Å²) in [5, 5.41) is 11.6. The number of aliphatic carboxylic acids is 1. The predicted octanol–water partition coefficient (Wildman–Crippen LogP) is -0.0743. The van der Waals surface area contributed by atoms with Gasteiger partial charge in [-0.25, -0.2) is 18.0 Å². The van der Waals surface area contributed by atoms with Crippen molar-refractivity contribution in [3.8, 4) is 0 Å². The number of nitrogens with one attached hydrogen (secondary N) is 1. The largest absolute Gasteiger partial charge is 0.480 e. The van der Waals surface area contributed by atoms with Gasteiger partial charge in [-0.15, -0.1) is 0 Å².